The summed E-state index contributed by atoms with van der Waals surface area (Å²) in [7, 11) is -0.511. The van der Waals surface area contributed by atoms with E-state index in [4.69, 9.17) is 8.54 Å². The summed E-state index contributed by atoms with van der Waals surface area (Å²) in [4.78, 5) is 0. The Kier molecular flexibility index (Phi) is 3.99. The summed E-state index contributed by atoms with van der Waals surface area (Å²) in [6.45, 7) is 6.66. The monoisotopic (exact) mass is 308 g/mol. The van der Waals surface area contributed by atoms with Crippen LogP contribution in [0.1, 0.15) is 41.6 Å². The molecule has 1 heterocycles. The zero-order valence-electron chi connectivity index (χ0n) is 13.2. The van der Waals surface area contributed by atoms with Gasteiger partial charge in [0.15, 0.2) is 0 Å². The molecule has 0 unspecified atom stereocenters. The van der Waals surface area contributed by atoms with Crippen molar-refractivity contribution in [2.24, 2.45) is 0 Å². The number of ketones is 1. The highest BCUT2D eigenvalue weighted by atomic mass is 28.2. The molecule has 0 saturated heterocycles. The Bertz CT molecular complexity index is 707. The first kappa shape index (κ1) is 14.8. The Labute approximate surface area is 134 Å². The van der Waals surface area contributed by atoms with Crippen LogP contribution in [0.15, 0.2) is 60.7 Å². The van der Waals surface area contributed by atoms with E-state index in [9.17, 15) is 0 Å². The molecule has 0 aromatic heterocycles. The molecular formula is C19H20O2Si. The van der Waals surface area contributed by atoms with Crippen molar-refractivity contribution in [1.29, 1.82) is 0 Å². The predicted octanol–water partition coefficient (Wildman–Crippen LogP) is 4.04. The van der Waals surface area contributed by atoms with Crippen LogP contribution in [0.2, 0.25) is 0 Å². The van der Waals surface area contributed by atoms with Gasteiger partial charge in [-0.3, -0.25) is 0 Å². The van der Waals surface area contributed by atoms with Crippen molar-refractivity contribution in [2.45, 2.75) is 26.2 Å². The predicted molar refractivity (Wildman–Crippen MR) is 92.1 cm³/mol. The Morgan fingerprint density at radius 2 is 1.55 bits per heavy atom. The van der Waals surface area contributed by atoms with E-state index < -0.39 is 10.0 Å². The van der Waals surface area contributed by atoms with Gasteiger partial charge in [-0.1, -0.05) is 63.2 Å². The minimum atomic E-state index is -0.511. The van der Waals surface area contributed by atoms with Gasteiger partial charge in [-0.15, -0.1) is 0 Å². The van der Waals surface area contributed by atoms with E-state index in [2.05, 4.69) is 57.2 Å². The van der Waals surface area contributed by atoms with Gasteiger partial charge in [-0.2, -0.15) is 0 Å². The van der Waals surface area contributed by atoms with Crippen molar-refractivity contribution in [3.63, 3.8) is 0 Å². The summed E-state index contributed by atoms with van der Waals surface area (Å²) in [5.74, 6) is 1.78. The average molecular weight is 308 g/mol. The van der Waals surface area contributed by atoms with Crippen LogP contribution in [0.3, 0.4) is 0 Å². The molecule has 2 aromatic rings. The van der Waals surface area contributed by atoms with E-state index in [1.54, 1.807) is 0 Å². The van der Waals surface area contributed by atoms with Crippen LogP contribution in [0, 0.1) is 0 Å². The highest BCUT2D eigenvalue weighted by Crippen LogP contribution is 2.25. The quantitative estimate of drug-likeness (QED) is 0.606. The first-order chi connectivity index (χ1) is 10.5. The number of hydrogen-bond donors (Lipinski definition) is 0. The molecule has 0 radical (unpaired) electrons. The lowest BCUT2D eigenvalue weighted by Gasteiger charge is -2.20. The summed E-state index contributed by atoms with van der Waals surface area (Å²) in [5.41, 5.74) is 3.67. The van der Waals surface area contributed by atoms with Gasteiger partial charge in [-0.05, 0) is 23.1 Å². The van der Waals surface area contributed by atoms with E-state index >= 15 is 0 Å². The molecule has 1 aliphatic heterocycles. The molecule has 0 fully saturated rings. The smallest absolute Gasteiger partial charge is 0.440 e. The molecule has 22 heavy (non-hydrogen) atoms. The van der Waals surface area contributed by atoms with Crippen molar-refractivity contribution in [2.75, 3.05) is 0 Å². The summed E-state index contributed by atoms with van der Waals surface area (Å²) in [6, 6.07) is 18.7. The van der Waals surface area contributed by atoms with Crippen molar-refractivity contribution < 1.29 is 8.54 Å². The van der Waals surface area contributed by atoms with E-state index in [-0.39, 0.29) is 5.41 Å². The Balaban J connectivity index is 1.89. The number of allylic oxidation sites excluding steroid dienone is 1. The largest absolute Gasteiger partial charge is 0.618 e. The standard InChI is InChI=1S/C19H20O2Si/c1-19(2,3)16-11-9-15(10-12-16)18-13-17(20-22-21-18)14-7-5-4-6-8-14/h4-13,22H,1-3H3. The maximum atomic E-state index is 5.74. The van der Waals surface area contributed by atoms with Crippen LogP contribution in [-0.2, 0) is 9.84 Å². The third-order valence-corrected chi connectivity index (χ3v) is 4.41. The highest BCUT2D eigenvalue weighted by molar-refractivity contribution is 6.25. The second kappa shape index (κ2) is 5.93. The third kappa shape index (κ3) is 3.20. The maximum Gasteiger partial charge on any atom is 0.440 e. The van der Waals surface area contributed by atoms with Crippen molar-refractivity contribution in [3.8, 4) is 0 Å². The molecule has 0 aliphatic carbocycles. The molecule has 2 aromatic carbocycles. The summed E-state index contributed by atoms with van der Waals surface area (Å²) < 4.78 is 11.4. The topological polar surface area (TPSA) is 20.5 Å². The highest BCUT2D eigenvalue weighted by Gasteiger charge is 2.17. The van der Waals surface area contributed by atoms with Gasteiger partial charge in [0.2, 0.25) is 0 Å². The van der Waals surface area contributed by atoms with Crippen LogP contribution in [0.4, 0.5) is 0 Å². The van der Waals surface area contributed by atoms with E-state index in [1.807, 2.05) is 24.3 Å². The second-order valence-corrected chi connectivity index (χ2v) is 7.06. The van der Waals surface area contributed by atoms with Gasteiger partial charge < -0.3 is 8.54 Å². The molecule has 0 N–H and O–H groups in total. The van der Waals surface area contributed by atoms with E-state index in [1.165, 1.54) is 5.56 Å². The van der Waals surface area contributed by atoms with Gasteiger partial charge in [-0.25, -0.2) is 0 Å². The summed E-state index contributed by atoms with van der Waals surface area (Å²) in [5, 5.41) is 0. The zero-order chi connectivity index (χ0) is 15.6. The molecule has 0 saturated carbocycles. The first-order valence-electron chi connectivity index (χ1n) is 7.44. The van der Waals surface area contributed by atoms with Crippen molar-refractivity contribution >= 4 is 21.5 Å². The fourth-order valence-corrected chi connectivity index (χ4v) is 3.02. The molecule has 0 spiro atoms. The van der Waals surface area contributed by atoms with Crippen LogP contribution in [-0.4, -0.2) is 15.8 Å². The van der Waals surface area contributed by atoms with Crippen LogP contribution in [0.5, 0.6) is 0 Å². The second-order valence-electron chi connectivity index (χ2n) is 6.40. The lowest BCUT2D eigenvalue weighted by molar-refractivity contribution is -0.101. The maximum absolute atomic E-state index is 5.74. The molecule has 3 rings (SSSR count). The van der Waals surface area contributed by atoms with Gasteiger partial charge in [0.1, 0.15) is 0 Å². The van der Waals surface area contributed by atoms with E-state index in [0.29, 0.717) is 0 Å². The number of carbonyl (C=O) groups excluding carboxylic acids is 1. The molecule has 0 amide bonds. The number of rotatable bonds is 2. The molecule has 1 aliphatic rings. The minimum Gasteiger partial charge on any atom is -0.618 e. The van der Waals surface area contributed by atoms with Crippen molar-refractivity contribution in [1.82, 2.24) is 0 Å². The Hall–Kier alpha value is -2.13. The first-order valence-corrected chi connectivity index (χ1v) is 8.38. The number of hydrogen-bond acceptors (Lipinski definition) is 1. The van der Waals surface area contributed by atoms with Crippen molar-refractivity contribution in [3.05, 3.63) is 77.4 Å². The SMILES string of the molecule is CC(C)(C)c1ccc(C2=CC(c3ccccc3)=[O+][SiH-]O2)cc1. The summed E-state index contributed by atoms with van der Waals surface area (Å²) in [6.07, 6.45) is 1.98. The van der Waals surface area contributed by atoms with E-state index in [0.717, 1.165) is 22.7 Å². The Morgan fingerprint density at radius 1 is 0.864 bits per heavy atom. The zero-order valence-corrected chi connectivity index (χ0v) is 14.3. The lowest BCUT2D eigenvalue weighted by Crippen LogP contribution is -2.12. The molecule has 112 valence electrons. The van der Waals surface area contributed by atoms with Gasteiger partial charge >= 0.3 is 10.0 Å². The third-order valence-electron chi connectivity index (χ3n) is 3.71. The van der Waals surface area contributed by atoms with Crippen LogP contribution >= 0.6 is 0 Å². The fraction of sp³-hybridized carbons (Fsp3) is 0.211. The van der Waals surface area contributed by atoms with Gasteiger partial charge in [0.05, 0.1) is 17.4 Å². The lowest BCUT2D eigenvalue weighted by atomic mass is 9.86. The molecule has 0 bridgehead atoms. The van der Waals surface area contributed by atoms with Crippen LogP contribution in [0.25, 0.3) is 5.76 Å². The van der Waals surface area contributed by atoms with Gasteiger partial charge in [0, 0.05) is 5.56 Å². The van der Waals surface area contributed by atoms with Gasteiger partial charge in [0.25, 0.3) is 5.78 Å². The Morgan fingerprint density at radius 3 is 2.18 bits per heavy atom. The normalized spacial score (nSPS) is 14.5. The fourth-order valence-electron chi connectivity index (χ4n) is 2.35. The molecule has 3 heteroatoms. The molecule has 2 nitrogen and oxygen atoms in total. The molecule has 0 atom stereocenters. The average Bonchev–Trinajstić information content (AvgIpc) is 2.55. The number of benzene rings is 2. The minimum absolute atomic E-state index is 0.163. The molecular weight excluding hydrogens is 288 g/mol. The summed E-state index contributed by atoms with van der Waals surface area (Å²) >= 11 is 0. The van der Waals surface area contributed by atoms with Crippen LogP contribution < -0.4 is 0 Å².